The van der Waals surface area contributed by atoms with Crippen LogP contribution in [-0.4, -0.2) is 47.9 Å². The lowest BCUT2D eigenvalue weighted by Gasteiger charge is -2.13. The van der Waals surface area contributed by atoms with Gasteiger partial charge in [-0.05, 0) is 54.2 Å². The predicted molar refractivity (Wildman–Crippen MR) is 130 cm³/mol. The molecular weight excluding hydrogens is 509 g/mol. The molecule has 10 nitrogen and oxygen atoms in total. The van der Waals surface area contributed by atoms with Crippen LogP contribution in [0.5, 0.6) is 10.9 Å². The van der Waals surface area contributed by atoms with Crippen LogP contribution in [0.25, 0.3) is 11.1 Å². The molecule has 0 saturated carbocycles. The SMILES string of the molecule is COc1cccc(F)c1-c1cc(C)cnc1C(=O)Nc1nnc(OCc2ccc(S(C)(=O)=O)cn2)s1. The number of amides is 1. The van der Waals surface area contributed by atoms with Gasteiger partial charge in [-0.3, -0.25) is 20.1 Å². The summed E-state index contributed by atoms with van der Waals surface area (Å²) < 4.78 is 48.6. The maximum atomic E-state index is 14.7. The van der Waals surface area contributed by atoms with Gasteiger partial charge in [-0.2, -0.15) is 0 Å². The van der Waals surface area contributed by atoms with Gasteiger partial charge in [0.05, 0.1) is 23.3 Å². The molecule has 0 radical (unpaired) electrons. The van der Waals surface area contributed by atoms with Crippen LogP contribution in [0.2, 0.25) is 0 Å². The van der Waals surface area contributed by atoms with Crippen LogP contribution in [-0.2, 0) is 16.4 Å². The molecule has 0 aliphatic rings. The smallest absolute Gasteiger partial charge is 0.296 e. The molecule has 0 bridgehead atoms. The Morgan fingerprint density at radius 1 is 1.14 bits per heavy atom. The van der Waals surface area contributed by atoms with Crippen LogP contribution in [0.3, 0.4) is 0 Å². The number of rotatable bonds is 8. The Kier molecular flexibility index (Phi) is 7.22. The predicted octanol–water partition coefficient (Wildman–Crippen LogP) is 3.69. The highest BCUT2D eigenvalue weighted by atomic mass is 32.2. The normalized spacial score (nSPS) is 11.2. The van der Waals surface area contributed by atoms with E-state index in [0.29, 0.717) is 5.69 Å². The average Bonchev–Trinajstić information content (AvgIpc) is 3.29. The first kappa shape index (κ1) is 25.1. The summed E-state index contributed by atoms with van der Waals surface area (Å²) >= 11 is 0.972. The first-order valence-electron chi connectivity index (χ1n) is 10.4. The van der Waals surface area contributed by atoms with Crippen LogP contribution >= 0.6 is 11.3 Å². The number of hydrogen-bond donors (Lipinski definition) is 1. The monoisotopic (exact) mass is 529 g/mol. The number of aromatic nitrogens is 4. The third-order valence-corrected chi connectivity index (χ3v) is 6.75. The van der Waals surface area contributed by atoms with Gasteiger partial charge in [0.15, 0.2) is 9.84 Å². The Morgan fingerprint density at radius 3 is 2.64 bits per heavy atom. The standard InChI is InChI=1S/C23H20FN5O5S2/c1-13-9-16(19-17(24)5-4-6-18(19)33-2)20(26-10-13)21(30)27-22-28-29-23(35-22)34-12-14-7-8-15(11-25-14)36(3,31)32/h4-11H,12H2,1-3H3,(H,27,28,30). The largest absolute Gasteiger partial charge is 0.496 e. The lowest BCUT2D eigenvalue weighted by Crippen LogP contribution is -2.15. The van der Waals surface area contributed by atoms with Crippen molar-refractivity contribution in [1.29, 1.82) is 0 Å². The lowest BCUT2D eigenvalue weighted by atomic mass is 10.00. The number of halogens is 1. The van der Waals surface area contributed by atoms with Gasteiger partial charge in [-0.1, -0.05) is 11.2 Å². The van der Waals surface area contributed by atoms with Gasteiger partial charge in [-0.15, -0.1) is 5.10 Å². The maximum Gasteiger partial charge on any atom is 0.296 e. The zero-order valence-corrected chi connectivity index (χ0v) is 21.0. The lowest BCUT2D eigenvalue weighted by molar-refractivity contribution is 0.102. The molecule has 13 heteroatoms. The van der Waals surface area contributed by atoms with E-state index in [1.54, 1.807) is 19.1 Å². The number of methoxy groups -OCH3 is 1. The van der Waals surface area contributed by atoms with Crippen LogP contribution in [0.1, 0.15) is 21.7 Å². The minimum absolute atomic E-state index is 0.0168. The molecule has 1 aromatic carbocycles. The number of sulfone groups is 1. The van der Waals surface area contributed by atoms with E-state index >= 15 is 0 Å². The summed E-state index contributed by atoms with van der Waals surface area (Å²) in [5, 5.41) is 10.7. The molecule has 0 aliphatic heterocycles. The van der Waals surface area contributed by atoms with Crippen molar-refractivity contribution in [2.75, 3.05) is 18.7 Å². The van der Waals surface area contributed by atoms with Crippen molar-refractivity contribution in [3.63, 3.8) is 0 Å². The molecule has 4 aromatic rings. The second-order valence-corrected chi connectivity index (χ2v) is 10.6. The summed E-state index contributed by atoms with van der Waals surface area (Å²) in [5.74, 6) is -0.905. The molecule has 0 atom stereocenters. The zero-order valence-electron chi connectivity index (χ0n) is 19.4. The van der Waals surface area contributed by atoms with Crippen LogP contribution < -0.4 is 14.8 Å². The van der Waals surface area contributed by atoms with E-state index in [0.717, 1.165) is 23.2 Å². The van der Waals surface area contributed by atoms with E-state index in [-0.39, 0.29) is 44.4 Å². The van der Waals surface area contributed by atoms with Gasteiger partial charge in [0.2, 0.25) is 5.13 Å². The highest BCUT2D eigenvalue weighted by Crippen LogP contribution is 2.35. The third-order valence-electron chi connectivity index (χ3n) is 4.90. The minimum atomic E-state index is -3.34. The number of nitrogens with zero attached hydrogens (tertiary/aromatic N) is 4. The molecule has 4 rings (SSSR count). The van der Waals surface area contributed by atoms with Gasteiger partial charge in [0, 0.05) is 24.2 Å². The Hall–Kier alpha value is -3.97. The molecule has 0 spiro atoms. The fourth-order valence-corrected chi connectivity index (χ4v) is 4.35. The minimum Gasteiger partial charge on any atom is -0.496 e. The Balaban J connectivity index is 1.50. The molecule has 0 fully saturated rings. The number of carbonyl (C=O) groups is 1. The number of carbonyl (C=O) groups excluding carboxylic acids is 1. The second kappa shape index (κ2) is 10.3. The summed E-state index contributed by atoms with van der Waals surface area (Å²) in [7, 11) is -1.93. The number of pyridine rings is 2. The van der Waals surface area contributed by atoms with Crippen LogP contribution in [0.4, 0.5) is 9.52 Å². The molecule has 36 heavy (non-hydrogen) atoms. The molecule has 3 aromatic heterocycles. The van der Waals surface area contributed by atoms with Crippen molar-refractivity contribution in [3.8, 4) is 22.1 Å². The van der Waals surface area contributed by atoms with Crippen LogP contribution in [0.15, 0.2) is 53.7 Å². The molecule has 0 saturated heterocycles. The average molecular weight is 530 g/mol. The van der Waals surface area contributed by atoms with E-state index < -0.39 is 21.6 Å². The first-order chi connectivity index (χ1) is 17.2. The van der Waals surface area contributed by atoms with Gasteiger partial charge in [0.25, 0.3) is 11.1 Å². The van der Waals surface area contributed by atoms with E-state index in [9.17, 15) is 17.6 Å². The van der Waals surface area contributed by atoms with E-state index in [2.05, 4.69) is 25.5 Å². The van der Waals surface area contributed by atoms with Crippen molar-refractivity contribution < 1.29 is 27.1 Å². The van der Waals surface area contributed by atoms with Gasteiger partial charge >= 0.3 is 0 Å². The number of hydrogen-bond acceptors (Lipinski definition) is 10. The highest BCUT2D eigenvalue weighted by Gasteiger charge is 2.22. The number of benzene rings is 1. The molecule has 186 valence electrons. The topological polar surface area (TPSA) is 133 Å². The third kappa shape index (κ3) is 5.63. The first-order valence-corrected chi connectivity index (χ1v) is 13.1. The van der Waals surface area contributed by atoms with Crippen LogP contribution in [0, 0.1) is 12.7 Å². The van der Waals surface area contributed by atoms with Gasteiger partial charge < -0.3 is 9.47 Å². The number of ether oxygens (including phenoxy) is 2. The van der Waals surface area contributed by atoms with Crippen molar-refractivity contribution in [3.05, 3.63) is 71.6 Å². The Labute approximate surface area is 210 Å². The molecular formula is C23H20FN5O5S2. The Morgan fingerprint density at radius 2 is 1.94 bits per heavy atom. The molecule has 0 aliphatic carbocycles. The van der Waals surface area contributed by atoms with E-state index in [1.165, 1.54) is 43.8 Å². The maximum absolute atomic E-state index is 14.7. The summed E-state index contributed by atoms with van der Waals surface area (Å²) in [6, 6.07) is 9.00. The van der Waals surface area contributed by atoms with E-state index in [1.807, 2.05) is 0 Å². The zero-order chi connectivity index (χ0) is 25.9. The molecule has 0 unspecified atom stereocenters. The fourth-order valence-electron chi connectivity index (χ4n) is 3.20. The van der Waals surface area contributed by atoms with Gasteiger partial charge in [0.1, 0.15) is 23.9 Å². The molecule has 1 amide bonds. The summed E-state index contributed by atoms with van der Waals surface area (Å²) in [6.45, 7) is 1.80. The summed E-state index contributed by atoms with van der Waals surface area (Å²) in [4.78, 5) is 21.4. The van der Waals surface area contributed by atoms with Gasteiger partial charge in [-0.25, -0.2) is 12.8 Å². The highest BCUT2D eigenvalue weighted by molar-refractivity contribution is 7.90. The quantitative estimate of drug-likeness (QED) is 0.363. The number of aryl methyl sites for hydroxylation is 1. The second-order valence-electron chi connectivity index (χ2n) is 7.60. The van der Waals surface area contributed by atoms with Crippen molar-refractivity contribution in [2.45, 2.75) is 18.4 Å². The van der Waals surface area contributed by atoms with Crippen molar-refractivity contribution in [2.24, 2.45) is 0 Å². The number of anilines is 1. The van der Waals surface area contributed by atoms with Crippen molar-refractivity contribution in [1.82, 2.24) is 20.2 Å². The Bertz CT molecular complexity index is 1520. The van der Waals surface area contributed by atoms with E-state index in [4.69, 9.17) is 9.47 Å². The number of nitrogens with one attached hydrogen (secondary N) is 1. The van der Waals surface area contributed by atoms with Crippen molar-refractivity contribution >= 4 is 32.2 Å². The molecule has 1 N–H and O–H groups in total. The summed E-state index contributed by atoms with van der Waals surface area (Å²) in [5.41, 5.74) is 1.59. The molecule has 3 heterocycles. The summed E-state index contributed by atoms with van der Waals surface area (Å²) in [6.07, 6.45) is 3.85. The fraction of sp³-hybridized carbons (Fsp3) is 0.174.